The summed E-state index contributed by atoms with van der Waals surface area (Å²) in [6.07, 6.45) is 8.32. The standard InChI is InChI=1S/C18H19N5O3/c19-10-15-18(21-8-7-20-15)25-13-5-3-12(4-6-13)22-17(24)14-9-16(26-23-14)11-1-2-11/h7-9,11-13H,1-6H2,(H,22,24). The summed E-state index contributed by atoms with van der Waals surface area (Å²) in [7, 11) is 0. The van der Waals surface area contributed by atoms with Gasteiger partial charge in [0.15, 0.2) is 5.69 Å². The first-order chi connectivity index (χ1) is 12.7. The molecule has 0 spiro atoms. The third-order valence-electron chi connectivity index (χ3n) is 4.80. The quantitative estimate of drug-likeness (QED) is 0.877. The monoisotopic (exact) mass is 353 g/mol. The van der Waals surface area contributed by atoms with Crippen LogP contribution in [0.25, 0.3) is 0 Å². The van der Waals surface area contributed by atoms with E-state index in [1.807, 2.05) is 6.07 Å². The van der Waals surface area contributed by atoms with E-state index >= 15 is 0 Å². The molecular weight excluding hydrogens is 334 g/mol. The van der Waals surface area contributed by atoms with Crippen LogP contribution >= 0.6 is 0 Å². The smallest absolute Gasteiger partial charge is 0.273 e. The van der Waals surface area contributed by atoms with Crippen LogP contribution in [0.1, 0.15) is 66.4 Å². The number of nitrogens with zero attached hydrogens (tertiary/aromatic N) is 4. The highest BCUT2D eigenvalue weighted by molar-refractivity contribution is 5.92. The second kappa shape index (κ2) is 7.12. The number of nitriles is 1. The van der Waals surface area contributed by atoms with E-state index in [2.05, 4.69) is 20.4 Å². The molecule has 1 amide bonds. The van der Waals surface area contributed by atoms with E-state index in [1.54, 1.807) is 6.07 Å². The summed E-state index contributed by atoms with van der Waals surface area (Å²) in [5.41, 5.74) is 0.545. The Balaban J connectivity index is 1.28. The summed E-state index contributed by atoms with van der Waals surface area (Å²) < 4.78 is 11.0. The zero-order valence-corrected chi connectivity index (χ0v) is 14.2. The van der Waals surface area contributed by atoms with Crippen LogP contribution in [0.3, 0.4) is 0 Å². The topological polar surface area (TPSA) is 114 Å². The molecule has 0 aliphatic heterocycles. The summed E-state index contributed by atoms with van der Waals surface area (Å²) in [4.78, 5) is 20.3. The summed E-state index contributed by atoms with van der Waals surface area (Å²) in [6, 6.07) is 3.81. The number of rotatable bonds is 5. The van der Waals surface area contributed by atoms with Gasteiger partial charge in [0.2, 0.25) is 5.69 Å². The maximum atomic E-state index is 12.3. The predicted molar refractivity (Wildman–Crippen MR) is 89.4 cm³/mol. The molecule has 0 saturated heterocycles. The van der Waals surface area contributed by atoms with Gasteiger partial charge in [0.25, 0.3) is 11.8 Å². The Morgan fingerprint density at radius 1 is 1.19 bits per heavy atom. The maximum absolute atomic E-state index is 12.3. The van der Waals surface area contributed by atoms with Gasteiger partial charge in [-0.15, -0.1) is 0 Å². The lowest BCUT2D eigenvalue weighted by Crippen LogP contribution is -2.39. The van der Waals surface area contributed by atoms with Crippen molar-refractivity contribution >= 4 is 5.91 Å². The minimum atomic E-state index is -0.189. The van der Waals surface area contributed by atoms with Crippen molar-refractivity contribution in [3.8, 4) is 11.9 Å². The van der Waals surface area contributed by atoms with Crippen molar-refractivity contribution in [1.82, 2.24) is 20.4 Å². The second-order valence-electron chi connectivity index (χ2n) is 6.78. The van der Waals surface area contributed by atoms with Crippen LogP contribution in [0.5, 0.6) is 5.88 Å². The molecular formula is C18H19N5O3. The van der Waals surface area contributed by atoms with Crippen molar-refractivity contribution < 1.29 is 14.1 Å². The van der Waals surface area contributed by atoms with Gasteiger partial charge in [-0.1, -0.05) is 5.16 Å². The Kier molecular flexibility index (Phi) is 4.52. The number of carbonyl (C=O) groups is 1. The van der Waals surface area contributed by atoms with Gasteiger partial charge in [-0.05, 0) is 38.5 Å². The Morgan fingerprint density at radius 3 is 2.69 bits per heavy atom. The molecule has 2 heterocycles. The van der Waals surface area contributed by atoms with Gasteiger partial charge < -0.3 is 14.6 Å². The Hall–Kier alpha value is -2.95. The zero-order chi connectivity index (χ0) is 17.9. The molecule has 2 aromatic rings. The number of carbonyl (C=O) groups excluding carboxylic acids is 1. The highest BCUT2D eigenvalue weighted by Crippen LogP contribution is 2.40. The number of ether oxygens (including phenoxy) is 1. The van der Waals surface area contributed by atoms with Crippen LogP contribution in [-0.2, 0) is 0 Å². The summed E-state index contributed by atoms with van der Waals surface area (Å²) >= 11 is 0. The number of hydrogen-bond donors (Lipinski definition) is 1. The van der Waals surface area contributed by atoms with E-state index < -0.39 is 0 Å². The molecule has 4 rings (SSSR count). The molecule has 0 radical (unpaired) electrons. The molecule has 1 N–H and O–H groups in total. The van der Waals surface area contributed by atoms with E-state index in [0.717, 1.165) is 44.3 Å². The van der Waals surface area contributed by atoms with E-state index in [-0.39, 0.29) is 29.6 Å². The van der Waals surface area contributed by atoms with Crippen LogP contribution in [0.4, 0.5) is 0 Å². The average molecular weight is 353 g/mol. The van der Waals surface area contributed by atoms with Gasteiger partial charge in [0.05, 0.1) is 0 Å². The number of amides is 1. The first-order valence-corrected chi connectivity index (χ1v) is 8.88. The van der Waals surface area contributed by atoms with Crippen molar-refractivity contribution in [2.75, 3.05) is 0 Å². The van der Waals surface area contributed by atoms with Gasteiger partial charge in [0.1, 0.15) is 17.9 Å². The Morgan fingerprint density at radius 2 is 1.96 bits per heavy atom. The molecule has 0 atom stereocenters. The van der Waals surface area contributed by atoms with Crippen molar-refractivity contribution in [3.05, 3.63) is 35.6 Å². The second-order valence-corrected chi connectivity index (χ2v) is 6.78. The van der Waals surface area contributed by atoms with Crippen LogP contribution < -0.4 is 10.1 Å². The third-order valence-corrected chi connectivity index (χ3v) is 4.80. The first kappa shape index (κ1) is 16.5. The zero-order valence-electron chi connectivity index (χ0n) is 14.2. The van der Waals surface area contributed by atoms with Gasteiger partial charge in [-0.2, -0.15) is 5.26 Å². The molecule has 8 heteroatoms. The van der Waals surface area contributed by atoms with E-state index in [1.165, 1.54) is 12.4 Å². The van der Waals surface area contributed by atoms with Crippen molar-refractivity contribution in [3.63, 3.8) is 0 Å². The van der Waals surface area contributed by atoms with Crippen LogP contribution in [0, 0.1) is 11.3 Å². The molecule has 2 saturated carbocycles. The molecule has 26 heavy (non-hydrogen) atoms. The molecule has 2 aliphatic carbocycles. The minimum absolute atomic E-state index is 0.0273. The summed E-state index contributed by atoms with van der Waals surface area (Å²) in [5.74, 6) is 1.34. The molecule has 8 nitrogen and oxygen atoms in total. The maximum Gasteiger partial charge on any atom is 0.273 e. The largest absolute Gasteiger partial charge is 0.472 e. The molecule has 2 fully saturated rings. The SMILES string of the molecule is N#Cc1nccnc1OC1CCC(NC(=O)c2cc(C3CC3)on2)CC1. The number of hydrogen-bond acceptors (Lipinski definition) is 7. The molecule has 0 aromatic carbocycles. The fraction of sp³-hybridized carbons (Fsp3) is 0.500. The van der Waals surface area contributed by atoms with Crippen LogP contribution in [0.15, 0.2) is 23.0 Å². The highest BCUT2D eigenvalue weighted by atomic mass is 16.5. The van der Waals surface area contributed by atoms with Gasteiger partial charge in [0, 0.05) is 30.4 Å². The van der Waals surface area contributed by atoms with Crippen molar-refractivity contribution in [2.24, 2.45) is 0 Å². The molecule has 134 valence electrons. The van der Waals surface area contributed by atoms with Crippen LogP contribution in [0.2, 0.25) is 0 Å². The average Bonchev–Trinajstić information content (AvgIpc) is 3.40. The first-order valence-electron chi connectivity index (χ1n) is 8.88. The molecule has 2 aromatic heterocycles. The minimum Gasteiger partial charge on any atom is -0.472 e. The normalized spacial score (nSPS) is 22.4. The van der Waals surface area contributed by atoms with Gasteiger partial charge >= 0.3 is 0 Å². The van der Waals surface area contributed by atoms with Gasteiger partial charge in [-0.25, -0.2) is 9.97 Å². The summed E-state index contributed by atoms with van der Waals surface area (Å²) in [5, 5.41) is 15.9. The number of nitrogens with one attached hydrogen (secondary N) is 1. The van der Waals surface area contributed by atoms with E-state index in [9.17, 15) is 4.79 Å². The number of aromatic nitrogens is 3. The third kappa shape index (κ3) is 3.67. The summed E-state index contributed by atoms with van der Waals surface area (Å²) in [6.45, 7) is 0. The molecule has 0 bridgehead atoms. The highest BCUT2D eigenvalue weighted by Gasteiger charge is 2.30. The Labute approximate surface area is 150 Å². The van der Waals surface area contributed by atoms with E-state index in [4.69, 9.17) is 14.5 Å². The molecule has 2 aliphatic rings. The predicted octanol–water partition coefficient (Wildman–Crippen LogP) is 2.33. The van der Waals surface area contributed by atoms with Gasteiger partial charge in [-0.3, -0.25) is 4.79 Å². The fourth-order valence-corrected chi connectivity index (χ4v) is 3.19. The van der Waals surface area contributed by atoms with Crippen molar-refractivity contribution in [1.29, 1.82) is 5.26 Å². The van der Waals surface area contributed by atoms with Crippen molar-refractivity contribution in [2.45, 2.75) is 56.6 Å². The molecule has 0 unspecified atom stereocenters. The lowest BCUT2D eigenvalue weighted by Gasteiger charge is -2.29. The lowest BCUT2D eigenvalue weighted by atomic mass is 9.93. The fourth-order valence-electron chi connectivity index (χ4n) is 3.19. The lowest BCUT2D eigenvalue weighted by molar-refractivity contribution is 0.0881. The Bertz CT molecular complexity index is 831. The van der Waals surface area contributed by atoms with Crippen LogP contribution in [-0.4, -0.2) is 33.2 Å². The van der Waals surface area contributed by atoms with E-state index in [0.29, 0.717) is 11.6 Å².